The highest BCUT2D eigenvalue weighted by molar-refractivity contribution is 6.00. The van der Waals surface area contributed by atoms with E-state index in [0.29, 0.717) is 6.04 Å². The molecule has 1 aromatic heterocycles. The van der Waals surface area contributed by atoms with Crippen molar-refractivity contribution in [1.82, 2.24) is 15.5 Å². The number of benzene rings is 2. The minimum Gasteiger partial charge on any atom is -0.352 e. The number of piperazine rings is 1. The summed E-state index contributed by atoms with van der Waals surface area (Å²) in [6.07, 6.45) is 0. The van der Waals surface area contributed by atoms with Crippen LogP contribution in [-0.4, -0.2) is 35.9 Å². The second-order valence-electron chi connectivity index (χ2n) is 6.09. The van der Waals surface area contributed by atoms with E-state index in [1.54, 1.807) is 0 Å². The Hall–Kier alpha value is -2.46. The van der Waals surface area contributed by atoms with E-state index >= 15 is 0 Å². The summed E-state index contributed by atoms with van der Waals surface area (Å²) in [6.45, 7) is 5.12. The van der Waals surface area contributed by atoms with Gasteiger partial charge in [0.25, 0.3) is 0 Å². The van der Waals surface area contributed by atoms with Crippen molar-refractivity contribution in [2.24, 2.45) is 0 Å². The van der Waals surface area contributed by atoms with E-state index in [1.807, 2.05) is 18.2 Å². The lowest BCUT2D eigenvalue weighted by Gasteiger charge is -2.33. The van der Waals surface area contributed by atoms with Gasteiger partial charge in [-0.15, -0.1) is 10.2 Å². The van der Waals surface area contributed by atoms with Crippen molar-refractivity contribution in [1.29, 1.82) is 0 Å². The molecule has 0 spiro atoms. The molecule has 2 aromatic carbocycles. The number of anilines is 1. The third-order valence-corrected chi connectivity index (χ3v) is 4.38. The predicted molar refractivity (Wildman–Crippen MR) is 94.7 cm³/mol. The highest BCUT2D eigenvalue weighted by atomic mass is 15.3. The Morgan fingerprint density at radius 3 is 2.48 bits per heavy atom. The quantitative estimate of drug-likeness (QED) is 0.790. The Kier molecular flexibility index (Phi) is 3.67. The van der Waals surface area contributed by atoms with Crippen LogP contribution in [0.4, 0.5) is 5.82 Å². The van der Waals surface area contributed by atoms with E-state index in [0.717, 1.165) is 42.1 Å². The van der Waals surface area contributed by atoms with E-state index in [2.05, 4.69) is 63.7 Å². The lowest BCUT2D eigenvalue weighted by atomic mass is 10.0. The topological polar surface area (TPSA) is 41.1 Å². The fourth-order valence-corrected chi connectivity index (χ4v) is 3.26. The molecule has 1 N–H and O–H groups in total. The Bertz CT molecular complexity index is 816. The standard InChI is InChI=1S/C19H20N4/c1-14-13-23(12-11-20-14)19-17-10-6-5-9-16(17)18(21-22-19)15-7-3-2-4-8-15/h2-10,14,20H,11-13H2,1H3. The number of hydrogen-bond acceptors (Lipinski definition) is 4. The van der Waals surface area contributed by atoms with E-state index in [9.17, 15) is 0 Å². The lowest BCUT2D eigenvalue weighted by molar-refractivity contribution is 0.482. The largest absolute Gasteiger partial charge is 0.352 e. The molecular formula is C19H20N4. The molecule has 1 unspecified atom stereocenters. The molecule has 0 saturated carbocycles. The highest BCUT2D eigenvalue weighted by Gasteiger charge is 2.20. The van der Waals surface area contributed by atoms with Crippen LogP contribution in [0.3, 0.4) is 0 Å². The maximum atomic E-state index is 4.59. The Morgan fingerprint density at radius 1 is 0.957 bits per heavy atom. The van der Waals surface area contributed by atoms with Gasteiger partial charge in [0.05, 0.1) is 0 Å². The molecule has 1 aliphatic rings. The average Bonchev–Trinajstić information content (AvgIpc) is 2.61. The molecule has 0 amide bonds. The highest BCUT2D eigenvalue weighted by Crippen LogP contribution is 2.31. The van der Waals surface area contributed by atoms with Crippen molar-refractivity contribution in [3.05, 3.63) is 54.6 Å². The first kappa shape index (κ1) is 14.2. The van der Waals surface area contributed by atoms with Gasteiger partial charge in [-0.2, -0.15) is 0 Å². The Morgan fingerprint density at radius 2 is 1.70 bits per heavy atom. The van der Waals surface area contributed by atoms with Gasteiger partial charge >= 0.3 is 0 Å². The van der Waals surface area contributed by atoms with Crippen molar-refractivity contribution in [2.45, 2.75) is 13.0 Å². The lowest BCUT2D eigenvalue weighted by Crippen LogP contribution is -2.49. The smallest absolute Gasteiger partial charge is 0.159 e. The van der Waals surface area contributed by atoms with Crippen LogP contribution < -0.4 is 10.2 Å². The predicted octanol–water partition coefficient (Wildman–Crippen LogP) is 3.09. The first-order valence-electron chi connectivity index (χ1n) is 8.12. The third-order valence-electron chi connectivity index (χ3n) is 4.38. The molecule has 0 bridgehead atoms. The van der Waals surface area contributed by atoms with Gasteiger partial charge in [-0.1, -0.05) is 54.6 Å². The first-order chi connectivity index (χ1) is 11.3. The normalized spacial score (nSPS) is 18.3. The summed E-state index contributed by atoms with van der Waals surface area (Å²) in [5, 5.41) is 15.0. The van der Waals surface area contributed by atoms with Gasteiger partial charge in [-0.05, 0) is 6.92 Å². The van der Waals surface area contributed by atoms with Crippen LogP contribution in [0.25, 0.3) is 22.0 Å². The maximum absolute atomic E-state index is 4.59. The van der Waals surface area contributed by atoms with Crippen LogP contribution in [0, 0.1) is 0 Å². The average molecular weight is 304 g/mol. The second kappa shape index (κ2) is 5.97. The number of nitrogens with one attached hydrogen (secondary N) is 1. The van der Waals surface area contributed by atoms with Gasteiger partial charge in [0.2, 0.25) is 0 Å². The molecule has 4 nitrogen and oxygen atoms in total. The van der Waals surface area contributed by atoms with Crippen molar-refractivity contribution < 1.29 is 0 Å². The third kappa shape index (κ3) is 2.66. The molecule has 3 aromatic rings. The van der Waals surface area contributed by atoms with Crippen molar-refractivity contribution in [3.8, 4) is 11.3 Å². The van der Waals surface area contributed by atoms with Crippen LogP contribution >= 0.6 is 0 Å². The SMILES string of the molecule is CC1CN(c2nnc(-c3ccccc3)c3ccccc23)CCN1. The Balaban J connectivity index is 1.86. The molecule has 1 aliphatic heterocycles. The molecule has 1 saturated heterocycles. The van der Waals surface area contributed by atoms with E-state index in [1.165, 1.54) is 5.39 Å². The van der Waals surface area contributed by atoms with Gasteiger partial charge in [-0.25, -0.2) is 0 Å². The molecule has 23 heavy (non-hydrogen) atoms. The summed E-state index contributed by atoms with van der Waals surface area (Å²) >= 11 is 0. The molecule has 1 atom stereocenters. The molecule has 2 heterocycles. The molecule has 116 valence electrons. The van der Waals surface area contributed by atoms with Gasteiger partial charge in [0, 0.05) is 42.0 Å². The second-order valence-corrected chi connectivity index (χ2v) is 6.09. The summed E-state index contributed by atoms with van der Waals surface area (Å²) in [6, 6.07) is 19.2. The first-order valence-corrected chi connectivity index (χ1v) is 8.12. The Labute approximate surface area is 136 Å². The zero-order valence-corrected chi connectivity index (χ0v) is 13.2. The summed E-state index contributed by atoms with van der Waals surface area (Å²) in [5.74, 6) is 0.994. The fourth-order valence-electron chi connectivity index (χ4n) is 3.26. The molecule has 0 radical (unpaired) electrons. The number of hydrogen-bond donors (Lipinski definition) is 1. The zero-order chi connectivity index (χ0) is 15.6. The minimum atomic E-state index is 0.470. The number of fused-ring (bicyclic) bond motifs is 1. The minimum absolute atomic E-state index is 0.470. The fraction of sp³-hybridized carbons (Fsp3) is 0.263. The summed E-state index contributed by atoms with van der Waals surface area (Å²) in [7, 11) is 0. The van der Waals surface area contributed by atoms with E-state index < -0.39 is 0 Å². The maximum Gasteiger partial charge on any atom is 0.159 e. The van der Waals surface area contributed by atoms with Crippen LogP contribution in [0.2, 0.25) is 0 Å². The molecule has 4 rings (SSSR count). The monoisotopic (exact) mass is 304 g/mol. The van der Waals surface area contributed by atoms with Crippen LogP contribution in [0.1, 0.15) is 6.92 Å². The summed E-state index contributed by atoms with van der Waals surface area (Å²) < 4.78 is 0. The van der Waals surface area contributed by atoms with E-state index in [-0.39, 0.29) is 0 Å². The van der Waals surface area contributed by atoms with Crippen LogP contribution in [-0.2, 0) is 0 Å². The summed E-state index contributed by atoms with van der Waals surface area (Å²) in [5.41, 5.74) is 2.06. The van der Waals surface area contributed by atoms with Crippen LogP contribution in [0.15, 0.2) is 54.6 Å². The zero-order valence-electron chi connectivity index (χ0n) is 13.2. The van der Waals surface area contributed by atoms with Gasteiger partial charge in [0.1, 0.15) is 5.69 Å². The van der Waals surface area contributed by atoms with Crippen molar-refractivity contribution in [3.63, 3.8) is 0 Å². The van der Waals surface area contributed by atoms with Gasteiger partial charge in [0.15, 0.2) is 5.82 Å². The number of aromatic nitrogens is 2. The van der Waals surface area contributed by atoms with Crippen molar-refractivity contribution in [2.75, 3.05) is 24.5 Å². The summed E-state index contributed by atoms with van der Waals surface area (Å²) in [4.78, 5) is 2.34. The number of nitrogens with zero attached hydrogens (tertiary/aromatic N) is 3. The van der Waals surface area contributed by atoms with E-state index in [4.69, 9.17) is 0 Å². The van der Waals surface area contributed by atoms with Crippen molar-refractivity contribution >= 4 is 16.6 Å². The molecule has 4 heteroatoms. The molecular weight excluding hydrogens is 284 g/mol. The molecule has 1 fully saturated rings. The molecule has 0 aliphatic carbocycles. The number of rotatable bonds is 2. The van der Waals surface area contributed by atoms with Gasteiger partial charge < -0.3 is 10.2 Å². The van der Waals surface area contributed by atoms with Crippen LogP contribution in [0.5, 0.6) is 0 Å². The van der Waals surface area contributed by atoms with Gasteiger partial charge in [-0.3, -0.25) is 0 Å².